The standard InChI is InChI=1S/C27H26O8/c1-32-17-11-9-16(10-12-17)27-22(15-7-5-4-6-8-15)21(25(29)30)24(28)26(27,31)23-19(34-3)13-18(33-2)14-20(23)35-27/h4-14,21-22,24,28,31H,1-3H3,(H,29,30)/t21-,22-,24+,26-,27-/m0/s1. The molecule has 0 radical (unpaired) electrons. The minimum absolute atomic E-state index is 0.175. The average Bonchev–Trinajstić information content (AvgIpc) is 3.26. The van der Waals surface area contributed by atoms with E-state index >= 15 is 0 Å². The zero-order valence-electron chi connectivity index (χ0n) is 19.5. The monoisotopic (exact) mass is 478 g/mol. The first-order valence-corrected chi connectivity index (χ1v) is 11.1. The molecular formula is C27H26O8. The third-order valence-corrected chi connectivity index (χ3v) is 7.24. The van der Waals surface area contributed by atoms with Gasteiger partial charge in [-0.05, 0) is 23.3 Å². The van der Waals surface area contributed by atoms with Crippen molar-refractivity contribution in [1.29, 1.82) is 0 Å². The second-order valence-electron chi connectivity index (χ2n) is 8.73. The SMILES string of the molecule is COc1ccc([C@@]23Oc4cc(OC)cc(OC)c4[C@]2(O)[C@H](O)[C@@H](C(=O)O)[C@@H]3c2ccccc2)cc1. The lowest BCUT2D eigenvalue weighted by atomic mass is 9.70. The van der Waals surface area contributed by atoms with Gasteiger partial charge in [-0.3, -0.25) is 4.79 Å². The topological polar surface area (TPSA) is 115 Å². The molecule has 8 nitrogen and oxygen atoms in total. The lowest BCUT2D eigenvalue weighted by Gasteiger charge is -2.40. The van der Waals surface area contributed by atoms with E-state index in [0.29, 0.717) is 22.6 Å². The summed E-state index contributed by atoms with van der Waals surface area (Å²) in [6, 6.07) is 18.9. The summed E-state index contributed by atoms with van der Waals surface area (Å²) in [6.07, 6.45) is -1.73. The highest BCUT2D eigenvalue weighted by molar-refractivity contribution is 5.77. The summed E-state index contributed by atoms with van der Waals surface area (Å²) in [7, 11) is 4.46. The predicted octanol–water partition coefficient (Wildman–Crippen LogP) is 3.05. The second-order valence-corrected chi connectivity index (χ2v) is 8.73. The van der Waals surface area contributed by atoms with Gasteiger partial charge in [-0.15, -0.1) is 0 Å². The minimum atomic E-state index is -2.17. The highest BCUT2D eigenvalue weighted by atomic mass is 16.5. The Morgan fingerprint density at radius 2 is 1.57 bits per heavy atom. The number of ether oxygens (including phenoxy) is 4. The molecule has 1 aliphatic carbocycles. The van der Waals surface area contributed by atoms with Gasteiger partial charge in [-0.2, -0.15) is 0 Å². The van der Waals surface area contributed by atoms with E-state index in [0.717, 1.165) is 0 Å². The Balaban J connectivity index is 1.88. The third-order valence-electron chi connectivity index (χ3n) is 7.24. The van der Waals surface area contributed by atoms with E-state index in [1.54, 1.807) is 60.7 Å². The van der Waals surface area contributed by atoms with Crippen LogP contribution >= 0.6 is 0 Å². The Labute approximate surface area is 202 Å². The summed E-state index contributed by atoms with van der Waals surface area (Å²) < 4.78 is 22.9. The maximum absolute atomic E-state index is 12.6. The van der Waals surface area contributed by atoms with E-state index in [1.807, 2.05) is 6.07 Å². The normalized spacial score (nSPS) is 28.5. The van der Waals surface area contributed by atoms with Gasteiger partial charge >= 0.3 is 5.97 Å². The Hall–Kier alpha value is -3.75. The van der Waals surface area contributed by atoms with Crippen LogP contribution in [0.1, 0.15) is 22.6 Å². The number of carboxylic acids is 1. The van der Waals surface area contributed by atoms with Gasteiger partial charge in [-0.25, -0.2) is 0 Å². The van der Waals surface area contributed by atoms with Crippen molar-refractivity contribution in [2.24, 2.45) is 5.92 Å². The molecule has 35 heavy (non-hydrogen) atoms. The van der Waals surface area contributed by atoms with Crippen molar-refractivity contribution in [2.75, 3.05) is 21.3 Å². The van der Waals surface area contributed by atoms with Gasteiger partial charge in [0.25, 0.3) is 0 Å². The highest BCUT2D eigenvalue weighted by Crippen LogP contribution is 2.70. The fourth-order valence-corrected chi connectivity index (χ4v) is 5.78. The second kappa shape index (κ2) is 8.18. The summed E-state index contributed by atoms with van der Waals surface area (Å²) in [5.74, 6) is -2.14. The molecule has 0 aromatic heterocycles. The first-order chi connectivity index (χ1) is 16.8. The number of rotatable bonds is 6. The summed E-state index contributed by atoms with van der Waals surface area (Å²) in [5, 5.41) is 34.4. The number of hydrogen-bond acceptors (Lipinski definition) is 7. The van der Waals surface area contributed by atoms with Crippen molar-refractivity contribution in [3.63, 3.8) is 0 Å². The van der Waals surface area contributed by atoms with Crippen LogP contribution in [0.25, 0.3) is 0 Å². The van der Waals surface area contributed by atoms with Crippen molar-refractivity contribution in [3.05, 3.63) is 83.4 Å². The first kappa shape index (κ1) is 23.0. The molecule has 3 aromatic rings. The molecule has 1 heterocycles. The lowest BCUT2D eigenvalue weighted by Crippen LogP contribution is -2.52. The molecule has 3 aromatic carbocycles. The van der Waals surface area contributed by atoms with Gasteiger partial charge in [0.05, 0.1) is 32.8 Å². The number of methoxy groups -OCH3 is 3. The molecule has 5 atom stereocenters. The van der Waals surface area contributed by atoms with Crippen LogP contribution in [0.3, 0.4) is 0 Å². The molecule has 1 fully saturated rings. The molecule has 0 amide bonds. The van der Waals surface area contributed by atoms with Gasteiger partial charge in [0.15, 0.2) is 11.2 Å². The van der Waals surface area contributed by atoms with Crippen LogP contribution < -0.4 is 18.9 Å². The zero-order valence-corrected chi connectivity index (χ0v) is 19.5. The summed E-state index contributed by atoms with van der Waals surface area (Å²) >= 11 is 0. The smallest absolute Gasteiger partial charge is 0.310 e. The van der Waals surface area contributed by atoms with Crippen LogP contribution in [-0.2, 0) is 16.0 Å². The molecular weight excluding hydrogens is 452 g/mol. The van der Waals surface area contributed by atoms with Gasteiger partial charge in [0.2, 0.25) is 0 Å². The van der Waals surface area contributed by atoms with E-state index in [-0.39, 0.29) is 17.1 Å². The molecule has 0 unspecified atom stereocenters. The first-order valence-electron chi connectivity index (χ1n) is 11.1. The molecule has 1 aliphatic heterocycles. The maximum atomic E-state index is 12.6. The van der Waals surface area contributed by atoms with Crippen LogP contribution in [0.4, 0.5) is 0 Å². The van der Waals surface area contributed by atoms with Crippen LogP contribution in [0.2, 0.25) is 0 Å². The quantitative estimate of drug-likeness (QED) is 0.495. The number of carboxylic acid groups (broad SMARTS) is 1. The van der Waals surface area contributed by atoms with Crippen molar-refractivity contribution in [2.45, 2.75) is 23.2 Å². The molecule has 0 saturated heterocycles. The molecule has 5 rings (SSSR count). The number of fused-ring (bicyclic) bond motifs is 3. The molecule has 3 N–H and O–H groups in total. The summed E-state index contributed by atoms with van der Waals surface area (Å²) in [4.78, 5) is 12.6. The van der Waals surface area contributed by atoms with Crippen LogP contribution in [0, 0.1) is 5.92 Å². The highest BCUT2D eigenvalue weighted by Gasteiger charge is 2.78. The van der Waals surface area contributed by atoms with Crippen LogP contribution in [0.15, 0.2) is 66.7 Å². The largest absolute Gasteiger partial charge is 0.497 e. The van der Waals surface area contributed by atoms with E-state index in [2.05, 4.69) is 0 Å². The Morgan fingerprint density at radius 3 is 2.14 bits per heavy atom. The van der Waals surface area contributed by atoms with Crippen LogP contribution in [0.5, 0.6) is 23.0 Å². The number of aliphatic hydroxyl groups is 2. The van der Waals surface area contributed by atoms with Gasteiger partial charge < -0.3 is 34.3 Å². The summed E-state index contributed by atoms with van der Waals surface area (Å²) in [5.41, 5.74) is -2.61. The number of hydrogen-bond donors (Lipinski definition) is 3. The minimum Gasteiger partial charge on any atom is -0.497 e. The number of carbonyl (C=O) groups is 1. The zero-order chi connectivity index (χ0) is 25.0. The molecule has 0 bridgehead atoms. The van der Waals surface area contributed by atoms with Gasteiger partial charge in [0.1, 0.15) is 29.1 Å². The molecule has 182 valence electrons. The lowest BCUT2D eigenvalue weighted by molar-refractivity contribution is -0.159. The molecule has 1 saturated carbocycles. The van der Waals surface area contributed by atoms with E-state index in [4.69, 9.17) is 18.9 Å². The predicted molar refractivity (Wildman–Crippen MR) is 125 cm³/mol. The third kappa shape index (κ3) is 2.96. The van der Waals surface area contributed by atoms with Crippen molar-refractivity contribution in [3.8, 4) is 23.0 Å². The molecule has 0 spiro atoms. The van der Waals surface area contributed by atoms with Crippen LogP contribution in [-0.4, -0.2) is 48.7 Å². The van der Waals surface area contributed by atoms with Gasteiger partial charge in [0, 0.05) is 18.1 Å². The fourth-order valence-electron chi connectivity index (χ4n) is 5.78. The summed E-state index contributed by atoms with van der Waals surface area (Å²) in [6.45, 7) is 0. The average molecular weight is 478 g/mol. The number of aliphatic carboxylic acids is 1. The Bertz CT molecular complexity index is 1260. The van der Waals surface area contributed by atoms with E-state index in [1.165, 1.54) is 21.3 Å². The number of aliphatic hydroxyl groups excluding tert-OH is 1. The number of benzene rings is 3. The molecule has 2 aliphatic rings. The van der Waals surface area contributed by atoms with Gasteiger partial charge in [-0.1, -0.05) is 42.5 Å². The van der Waals surface area contributed by atoms with Crippen molar-refractivity contribution < 1.29 is 39.1 Å². The van der Waals surface area contributed by atoms with Crippen molar-refractivity contribution >= 4 is 5.97 Å². The van der Waals surface area contributed by atoms with E-state index in [9.17, 15) is 20.1 Å². The fraction of sp³-hybridized carbons (Fsp3) is 0.296. The maximum Gasteiger partial charge on any atom is 0.310 e. The van der Waals surface area contributed by atoms with E-state index < -0.39 is 35.1 Å². The molecule has 8 heteroatoms. The Morgan fingerprint density at radius 1 is 0.914 bits per heavy atom. The van der Waals surface area contributed by atoms with Crippen molar-refractivity contribution in [1.82, 2.24) is 0 Å². The Kier molecular flexibility index (Phi) is 5.38.